The molecule has 0 aliphatic heterocycles. The molecule has 0 aromatic heterocycles. The summed E-state index contributed by atoms with van der Waals surface area (Å²) in [6.45, 7) is 76.4. The second-order valence-corrected chi connectivity index (χ2v) is 27.1. The van der Waals surface area contributed by atoms with Crippen molar-refractivity contribution < 1.29 is 0 Å². The van der Waals surface area contributed by atoms with Gasteiger partial charge in [-0.05, 0) is 151 Å². The van der Waals surface area contributed by atoms with Crippen LogP contribution in [-0.4, -0.2) is 0 Å². The molecule has 0 heteroatoms. The second-order valence-electron chi connectivity index (χ2n) is 27.1. The van der Waals surface area contributed by atoms with Crippen molar-refractivity contribution in [1.29, 1.82) is 0 Å². The van der Waals surface area contributed by atoms with Crippen molar-refractivity contribution in [2.75, 3.05) is 0 Å². The SMILES string of the molecule is CCC1CC(C)C(C(C)C(CC)C(C)C(C)C(C)(C)C(C)(C)C(C)(C)C(C)(C)C(C)(C)C(C)(C)C(C)C(C)C(CC)C(C)C2C(C)C(C)C(CC)C(CC)C2C)C(C)C1C. The predicted octanol–water partition coefficient (Wildman–Crippen LogP) is 19.6. The Bertz CT molecular complexity index is 1290. The standard InChI is InChI=1S/C60H118/c1-30-48-35-36(6)53(39(9)37(48)7)43(13)49(31-2)41(11)46(16)55(18,19)57(22,23)59(26,27)60(28,29)58(24,25)56(20,21)47(17)42(12)50(32-3)44(14)54-40(10)38(8)51(33-4)52(34-5)45(54)15/h36-54H,30-35H2,1-29H3. The molecule has 2 saturated carbocycles. The number of hydrogen-bond donors (Lipinski definition) is 0. The van der Waals surface area contributed by atoms with Crippen LogP contribution in [0.2, 0.25) is 0 Å². The van der Waals surface area contributed by atoms with Crippen molar-refractivity contribution in [3.63, 3.8) is 0 Å². The van der Waals surface area contributed by atoms with Gasteiger partial charge in [0.15, 0.2) is 0 Å². The topological polar surface area (TPSA) is 0 Å². The molecule has 0 N–H and O–H groups in total. The Morgan fingerprint density at radius 2 is 0.733 bits per heavy atom. The molecule has 2 aliphatic rings. The highest BCUT2D eigenvalue weighted by atomic mass is 14.7. The highest BCUT2D eigenvalue weighted by Crippen LogP contribution is 2.70. The number of rotatable bonds is 20. The molecule has 60 heavy (non-hydrogen) atoms. The van der Waals surface area contributed by atoms with Gasteiger partial charge in [0, 0.05) is 0 Å². The van der Waals surface area contributed by atoms with Gasteiger partial charge in [-0.3, -0.25) is 0 Å². The molecule has 358 valence electrons. The van der Waals surface area contributed by atoms with Gasteiger partial charge in [-0.15, -0.1) is 0 Å². The van der Waals surface area contributed by atoms with Gasteiger partial charge in [0.05, 0.1) is 0 Å². The predicted molar refractivity (Wildman–Crippen MR) is 273 cm³/mol. The summed E-state index contributed by atoms with van der Waals surface area (Å²) in [4.78, 5) is 0. The van der Waals surface area contributed by atoms with Crippen LogP contribution in [0.3, 0.4) is 0 Å². The zero-order chi connectivity index (χ0) is 47.2. The molecule has 2 fully saturated rings. The van der Waals surface area contributed by atoms with Crippen molar-refractivity contribution in [3.05, 3.63) is 0 Å². The van der Waals surface area contributed by atoms with Gasteiger partial charge in [-0.1, -0.05) is 233 Å². The van der Waals surface area contributed by atoms with Crippen LogP contribution >= 0.6 is 0 Å². The Labute approximate surface area is 382 Å². The third kappa shape index (κ3) is 9.22. The van der Waals surface area contributed by atoms with E-state index in [0.29, 0.717) is 23.7 Å². The lowest BCUT2D eigenvalue weighted by Crippen LogP contribution is -2.62. The first kappa shape index (κ1) is 56.1. The van der Waals surface area contributed by atoms with Crippen LogP contribution in [0, 0.1) is 145 Å². The molecule has 0 amide bonds. The van der Waals surface area contributed by atoms with E-state index in [1.165, 1.54) is 38.5 Å². The summed E-state index contributed by atoms with van der Waals surface area (Å²) in [5, 5.41) is 0. The minimum atomic E-state index is 0.0657. The third-order valence-electron chi connectivity index (χ3n) is 25.5. The van der Waals surface area contributed by atoms with Crippen molar-refractivity contribution in [1.82, 2.24) is 0 Å². The summed E-state index contributed by atoms with van der Waals surface area (Å²) in [5.41, 5.74) is 0.590. The summed E-state index contributed by atoms with van der Waals surface area (Å²) in [5.74, 6) is 14.8. The Morgan fingerprint density at radius 3 is 1.07 bits per heavy atom. The van der Waals surface area contributed by atoms with Crippen LogP contribution in [0.1, 0.15) is 239 Å². The molecule has 0 bridgehead atoms. The Hall–Kier alpha value is 0. The zero-order valence-corrected chi connectivity index (χ0v) is 47.2. The monoisotopic (exact) mass is 839 g/mol. The molecular weight excluding hydrogens is 721 g/mol. The van der Waals surface area contributed by atoms with Crippen molar-refractivity contribution in [2.45, 2.75) is 239 Å². The van der Waals surface area contributed by atoms with E-state index in [1.807, 2.05) is 0 Å². The van der Waals surface area contributed by atoms with Gasteiger partial charge < -0.3 is 0 Å². The van der Waals surface area contributed by atoms with Crippen LogP contribution in [0.15, 0.2) is 0 Å². The molecule has 19 unspecified atom stereocenters. The first-order valence-corrected chi connectivity index (χ1v) is 27.1. The van der Waals surface area contributed by atoms with Crippen LogP contribution in [0.25, 0.3) is 0 Å². The Morgan fingerprint density at radius 1 is 0.400 bits per heavy atom. The Balaban J connectivity index is 2.50. The molecule has 2 rings (SSSR count). The largest absolute Gasteiger partial charge is 0.0651 e. The maximum atomic E-state index is 2.70. The number of hydrogen-bond acceptors (Lipinski definition) is 0. The summed E-state index contributed by atoms with van der Waals surface area (Å²) in [6, 6.07) is 0. The van der Waals surface area contributed by atoms with Gasteiger partial charge in [0.25, 0.3) is 0 Å². The third-order valence-corrected chi connectivity index (χ3v) is 25.5. The van der Waals surface area contributed by atoms with E-state index < -0.39 is 0 Å². The summed E-state index contributed by atoms with van der Waals surface area (Å²) in [7, 11) is 0. The molecule has 0 aromatic carbocycles. The van der Waals surface area contributed by atoms with Crippen LogP contribution < -0.4 is 0 Å². The summed E-state index contributed by atoms with van der Waals surface area (Å²) in [6.07, 6.45) is 8.05. The summed E-state index contributed by atoms with van der Waals surface area (Å²) < 4.78 is 0. The zero-order valence-electron chi connectivity index (χ0n) is 47.2. The molecule has 0 saturated heterocycles. The average molecular weight is 840 g/mol. The normalized spacial score (nSPS) is 34.6. The second kappa shape index (κ2) is 20.3. The van der Waals surface area contributed by atoms with Gasteiger partial charge in [-0.2, -0.15) is 0 Å². The lowest BCUT2D eigenvalue weighted by molar-refractivity contribution is -0.200. The van der Waals surface area contributed by atoms with Gasteiger partial charge in [0.2, 0.25) is 0 Å². The fraction of sp³-hybridized carbons (Fsp3) is 1.00. The van der Waals surface area contributed by atoms with Crippen molar-refractivity contribution in [2.24, 2.45) is 145 Å². The Kier molecular flexibility index (Phi) is 18.9. The molecule has 2 aliphatic carbocycles. The molecule has 0 heterocycles. The molecule has 19 atom stereocenters. The highest BCUT2D eigenvalue weighted by molar-refractivity contribution is 5.12. The smallest absolute Gasteiger partial charge is 0.0241 e. The van der Waals surface area contributed by atoms with E-state index >= 15 is 0 Å². The van der Waals surface area contributed by atoms with E-state index in [0.717, 1.165) is 88.8 Å². The van der Waals surface area contributed by atoms with E-state index in [1.54, 1.807) is 0 Å². The minimum absolute atomic E-state index is 0.0657. The molecule has 0 spiro atoms. The van der Waals surface area contributed by atoms with Gasteiger partial charge in [-0.25, -0.2) is 0 Å². The maximum Gasteiger partial charge on any atom is -0.0241 e. The van der Waals surface area contributed by atoms with E-state index in [9.17, 15) is 0 Å². The highest BCUT2D eigenvalue weighted by Gasteiger charge is 2.64. The van der Waals surface area contributed by atoms with Gasteiger partial charge >= 0.3 is 0 Å². The lowest BCUT2D eigenvalue weighted by Gasteiger charge is -2.68. The molecule has 0 aromatic rings. The fourth-order valence-electron chi connectivity index (χ4n) is 17.7. The van der Waals surface area contributed by atoms with E-state index in [2.05, 4.69) is 201 Å². The fourth-order valence-corrected chi connectivity index (χ4v) is 17.7. The quantitative estimate of drug-likeness (QED) is 0.115. The first-order valence-electron chi connectivity index (χ1n) is 27.1. The molecular formula is C60H118. The maximum absolute atomic E-state index is 2.70. The lowest BCUT2D eigenvalue weighted by atomic mass is 9.36. The van der Waals surface area contributed by atoms with Crippen LogP contribution in [-0.2, 0) is 0 Å². The van der Waals surface area contributed by atoms with Crippen LogP contribution in [0.4, 0.5) is 0 Å². The average Bonchev–Trinajstić information content (AvgIpc) is 3.16. The molecule has 0 nitrogen and oxygen atoms in total. The van der Waals surface area contributed by atoms with E-state index in [-0.39, 0.29) is 32.5 Å². The minimum Gasteiger partial charge on any atom is -0.0651 e. The van der Waals surface area contributed by atoms with E-state index in [4.69, 9.17) is 0 Å². The van der Waals surface area contributed by atoms with Crippen molar-refractivity contribution >= 4 is 0 Å². The first-order chi connectivity index (χ1) is 27.1. The van der Waals surface area contributed by atoms with Crippen molar-refractivity contribution in [3.8, 4) is 0 Å². The molecule has 0 radical (unpaired) electrons. The van der Waals surface area contributed by atoms with Gasteiger partial charge in [0.1, 0.15) is 0 Å². The van der Waals surface area contributed by atoms with Crippen LogP contribution in [0.5, 0.6) is 0 Å². The summed E-state index contributed by atoms with van der Waals surface area (Å²) >= 11 is 0.